The van der Waals surface area contributed by atoms with Crippen LogP contribution in [0.1, 0.15) is 12.5 Å². The van der Waals surface area contributed by atoms with E-state index in [1.165, 1.54) is 0 Å². The van der Waals surface area contributed by atoms with Gasteiger partial charge in [-0.3, -0.25) is 0 Å². The van der Waals surface area contributed by atoms with Crippen LogP contribution in [0, 0.1) is 0 Å². The Hall–Kier alpha value is -1.46. The summed E-state index contributed by atoms with van der Waals surface area (Å²) in [6, 6.07) is 4.35. The molecule has 0 unspecified atom stereocenters. The predicted molar refractivity (Wildman–Crippen MR) is 73.1 cm³/mol. The van der Waals surface area contributed by atoms with E-state index in [0.29, 0.717) is 23.3 Å². The Morgan fingerprint density at radius 2 is 1.58 bits per heavy atom. The normalized spacial score (nSPS) is 12.1. The molecule has 0 aliphatic rings. The van der Waals surface area contributed by atoms with Gasteiger partial charge in [0.1, 0.15) is 12.6 Å². The number of benzene rings is 1. The van der Waals surface area contributed by atoms with E-state index >= 15 is 0 Å². The van der Waals surface area contributed by atoms with E-state index in [1.54, 1.807) is 28.4 Å². The highest BCUT2D eigenvalue weighted by Crippen LogP contribution is 2.37. The van der Waals surface area contributed by atoms with E-state index in [4.69, 9.17) is 18.9 Å². The molecule has 5 nitrogen and oxygen atoms in total. The third kappa shape index (κ3) is 4.29. The molecule has 0 spiro atoms. The monoisotopic (exact) mass is 270 g/mol. The zero-order valence-corrected chi connectivity index (χ0v) is 12.4. The molecule has 2 N–H and O–H groups in total. The third-order valence-electron chi connectivity index (χ3n) is 2.91. The van der Waals surface area contributed by atoms with Gasteiger partial charge in [-0.2, -0.15) is 0 Å². The molecule has 0 saturated carbocycles. The van der Waals surface area contributed by atoms with Gasteiger partial charge in [-0.1, -0.05) is 0 Å². The summed E-state index contributed by atoms with van der Waals surface area (Å²) in [4.78, 5) is 0. The zero-order valence-electron chi connectivity index (χ0n) is 12.4. The molecular weight excluding hydrogens is 246 g/mol. The lowest BCUT2D eigenvalue weighted by Crippen LogP contribution is -2.88. The average Bonchev–Trinajstić information content (AvgIpc) is 2.44. The number of methoxy groups -OCH3 is 4. The highest BCUT2D eigenvalue weighted by atomic mass is 16.5. The fourth-order valence-corrected chi connectivity index (χ4v) is 1.92. The Morgan fingerprint density at radius 3 is 2.00 bits per heavy atom. The Balaban J connectivity index is 2.84. The van der Waals surface area contributed by atoms with E-state index < -0.39 is 0 Å². The molecule has 19 heavy (non-hydrogen) atoms. The fraction of sp³-hybridized carbons (Fsp3) is 0.571. The molecule has 0 fully saturated rings. The summed E-state index contributed by atoms with van der Waals surface area (Å²) in [5.41, 5.74) is 1.12. The minimum atomic E-state index is 0.407. The van der Waals surface area contributed by atoms with Gasteiger partial charge >= 0.3 is 0 Å². The average molecular weight is 270 g/mol. The minimum absolute atomic E-state index is 0.407. The van der Waals surface area contributed by atoms with Gasteiger partial charge in [-0.05, 0) is 19.1 Å². The third-order valence-corrected chi connectivity index (χ3v) is 2.91. The van der Waals surface area contributed by atoms with Crippen molar-refractivity contribution in [2.24, 2.45) is 0 Å². The van der Waals surface area contributed by atoms with Crippen LogP contribution in [0.4, 0.5) is 0 Å². The molecule has 1 aromatic rings. The van der Waals surface area contributed by atoms with Crippen molar-refractivity contribution in [3.8, 4) is 17.2 Å². The van der Waals surface area contributed by atoms with Crippen molar-refractivity contribution in [1.82, 2.24) is 0 Å². The standard InChI is InChI=1S/C14H23NO4/c1-10(9-16-2)15-8-11-6-12(17-3)14(19-5)13(7-11)18-4/h6-7,10,15H,8-9H2,1-5H3/p+1/t10-/m1/s1. The van der Waals surface area contributed by atoms with Gasteiger partial charge in [-0.25, -0.2) is 0 Å². The maximum absolute atomic E-state index is 5.33. The first-order valence-corrected chi connectivity index (χ1v) is 6.27. The van der Waals surface area contributed by atoms with Crippen molar-refractivity contribution < 1.29 is 24.3 Å². The molecule has 0 heterocycles. The summed E-state index contributed by atoms with van der Waals surface area (Å²) in [6.07, 6.45) is 0. The highest BCUT2D eigenvalue weighted by Gasteiger charge is 2.14. The van der Waals surface area contributed by atoms with Crippen LogP contribution in [-0.2, 0) is 11.3 Å². The molecule has 0 bridgehead atoms. The lowest BCUT2D eigenvalue weighted by molar-refractivity contribution is -0.702. The van der Waals surface area contributed by atoms with Crippen LogP contribution in [-0.4, -0.2) is 41.1 Å². The second-order valence-corrected chi connectivity index (χ2v) is 4.41. The molecule has 5 heteroatoms. The van der Waals surface area contributed by atoms with Crippen LogP contribution < -0.4 is 19.5 Å². The highest BCUT2D eigenvalue weighted by molar-refractivity contribution is 5.53. The molecule has 0 aliphatic heterocycles. The van der Waals surface area contributed by atoms with Gasteiger partial charge in [0.05, 0.1) is 27.9 Å². The Morgan fingerprint density at radius 1 is 1.00 bits per heavy atom. The first-order chi connectivity index (χ1) is 9.15. The van der Waals surface area contributed by atoms with Gasteiger partial charge in [0.2, 0.25) is 5.75 Å². The van der Waals surface area contributed by atoms with E-state index in [-0.39, 0.29) is 0 Å². The topological polar surface area (TPSA) is 53.5 Å². The molecule has 1 atom stereocenters. The van der Waals surface area contributed by atoms with Crippen molar-refractivity contribution in [3.05, 3.63) is 17.7 Å². The van der Waals surface area contributed by atoms with Crippen LogP contribution in [0.25, 0.3) is 0 Å². The van der Waals surface area contributed by atoms with Gasteiger partial charge in [0, 0.05) is 12.7 Å². The van der Waals surface area contributed by atoms with Gasteiger partial charge in [0.25, 0.3) is 0 Å². The maximum atomic E-state index is 5.33. The summed E-state index contributed by atoms with van der Waals surface area (Å²) in [5.74, 6) is 1.99. The zero-order chi connectivity index (χ0) is 14.3. The van der Waals surface area contributed by atoms with Gasteiger partial charge in [0.15, 0.2) is 11.5 Å². The molecule has 0 radical (unpaired) electrons. The van der Waals surface area contributed by atoms with Crippen LogP contribution in [0.3, 0.4) is 0 Å². The lowest BCUT2D eigenvalue weighted by Gasteiger charge is -2.15. The molecule has 108 valence electrons. The van der Waals surface area contributed by atoms with Crippen LogP contribution in [0.2, 0.25) is 0 Å². The van der Waals surface area contributed by atoms with E-state index in [9.17, 15) is 0 Å². The second kappa shape index (κ2) is 7.86. The summed E-state index contributed by atoms with van der Waals surface area (Å²) >= 11 is 0. The SMILES string of the molecule is COC[C@@H](C)[NH2+]Cc1cc(OC)c(OC)c(OC)c1. The Labute approximate surface area is 114 Å². The lowest BCUT2D eigenvalue weighted by atomic mass is 10.1. The minimum Gasteiger partial charge on any atom is -0.493 e. The number of rotatable bonds is 8. The largest absolute Gasteiger partial charge is 0.493 e. The smallest absolute Gasteiger partial charge is 0.203 e. The molecular formula is C14H24NO4+. The van der Waals surface area contributed by atoms with E-state index in [0.717, 1.165) is 18.7 Å². The number of quaternary nitrogens is 1. The predicted octanol–water partition coefficient (Wildman–Crippen LogP) is 0.811. The van der Waals surface area contributed by atoms with Crippen molar-refractivity contribution in [3.63, 3.8) is 0 Å². The second-order valence-electron chi connectivity index (χ2n) is 4.41. The van der Waals surface area contributed by atoms with Crippen LogP contribution in [0.5, 0.6) is 17.2 Å². The van der Waals surface area contributed by atoms with E-state index in [2.05, 4.69) is 12.2 Å². The van der Waals surface area contributed by atoms with Crippen molar-refractivity contribution in [1.29, 1.82) is 0 Å². The van der Waals surface area contributed by atoms with Crippen molar-refractivity contribution >= 4 is 0 Å². The Bertz CT molecular complexity index is 370. The summed E-state index contributed by atoms with van der Waals surface area (Å²) in [7, 11) is 6.56. The van der Waals surface area contributed by atoms with Gasteiger partial charge < -0.3 is 24.3 Å². The first kappa shape index (κ1) is 15.6. The molecule has 0 saturated heterocycles. The number of hydrogen-bond acceptors (Lipinski definition) is 4. The molecule has 0 aromatic heterocycles. The summed E-state index contributed by atoms with van der Waals surface area (Å²) < 4.78 is 21.1. The quantitative estimate of drug-likeness (QED) is 0.759. The number of nitrogens with two attached hydrogens (primary N) is 1. The molecule has 1 rings (SSSR count). The fourth-order valence-electron chi connectivity index (χ4n) is 1.92. The molecule has 0 amide bonds. The molecule has 0 aliphatic carbocycles. The number of hydrogen-bond donors (Lipinski definition) is 1. The maximum Gasteiger partial charge on any atom is 0.203 e. The van der Waals surface area contributed by atoms with Gasteiger partial charge in [-0.15, -0.1) is 0 Å². The van der Waals surface area contributed by atoms with E-state index in [1.807, 2.05) is 12.1 Å². The van der Waals surface area contributed by atoms with Crippen molar-refractivity contribution in [2.75, 3.05) is 35.0 Å². The van der Waals surface area contributed by atoms with Crippen molar-refractivity contribution in [2.45, 2.75) is 19.5 Å². The molecule has 1 aromatic carbocycles. The number of ether oxygens (including phenoxy) is 4. The first-order valence-electron chi connectivity index (χ1n) is 6.27. The van der Waals surface area contributed by atoms with Crippen LogP contribution >= 0.6 is 0 Å². The summed E-state index contributed by atoms with van der Waals surface area (Å²) in [5, 5.41) is 2.21. The summed E-state index contributed by atoms with van der Waals surface area (Å²) in [6.45, 7) is 3.69. The Kier molecular flexibility index (Phi) is 6.45. The van der Waals surface area contributed by atoms with Crippen LogP contribution in [0.15, 0.2) is 12.1 Å².